The van der Waals surface area contributed by atoms with Crippen molar-refractivity contribution >= 4 is 27.9 Å². The molecule has 20 heavy (non-hydrogen) atoms. The lowest BCUT2D eigenvalue weighted by molar-refractivity contribution is 0.100. The Hall–Kier alpha value is -2.52. The number of hydrogen-bond acceptors (Lipinski definition) is 5. The molecule has 2 rings (SSSR count). The molecule has 0 radical (unpaired) electrons. The topological polar surface area (TPSA) is 105 Å². The maximum Gasteiger partial charge on any atom is 0.253 e. The van der Waals surface area contributed by atoms with E-state index in [0.29, 0.717) is 9.88 Å². The minimum absolute atomic E-state index is 0.0288. The van der Waals surface area contributed by atoms with Crippen molar-refractivity contribution in [2.45, 2.75) is 13.0 Å². The molecule has 0 fully saturated rings. The highest BCUT2D eigenvalue weighted by Crippen LogP contribution is 2.36. The van der Waals surface area contributed by atoms with Gasteiger partial charge in [0.25, 0.3) is 5.91 Å². The van der Waals surface area contributed by atoms with Gasteiger partial charge in [-0.2, -0.15) is 5.26 Å². The van der Waals surface area contributed by atoms with Crippen molar-refractivity contribution in [2.75, 3.05) is 11.1 Å². The summed E-state index contributed by atoms with van der Waals surface area (Å²) in [6.07, 6.45) is 0. The zero-order chi connectivity index (χ0) is 14.7. The van der Waals surface area contributed by atoms with Crippen LogP contribution in [0.4, 0.5) is 10.7 Å². The Morgan fingerprint density at radius 3 is 2.60 bits per heavy atom. The van der Waals surface area contributed by atoms with E-state index >= 15 is 0 Å². The first kappa shape index (κ1) is 13.9. The molecule has 1 atom stereocenters. The van der Waals surface area contributed by atoms with Crippen LogP contribution in [0.1, 0.15) is 33.8 Å². The van der Waals surface area contributed by atoms with Gasteiger partial charge >= 0.3 is 0 Å². The summed E-state index contributed by atoms with van der Waals surface area (Å²) >= 11 is 1.14. The first-order valence-electron chi connectivity index (χ1n) is 5.98. The van der Waals surface area contributed by atoms with Gasteiger partial charge in [-0.1, -0.05) is 30.3 Å². The summed E-state index contributed by atoms with van der Waals surface area (Å²) in [7, 11) is 0. The van der Waals surface area contributed by atoms with Gasteiger partial charge in [-0.15, -0.1) is 11.3 Å². The summed E-state index contributed by atoms with van der Waals surface area (Å²) in [4.78, 5) is 11.8. The SMILES string of the molecule is CC(Nc1sc(C#N)c(N)c1C(N)=O)c1ccccc1. The predicted molar refractivity (Wildman–Crippen MR) is 80.4 cm³/mol. The van der Waals surface area contributed by atoms with E-state index in [-0.39, 0.29) is 17.3 Å². The van der Waals surface area contributed by atoms with Gasteiger partial charge in [-0.3, -0.25) is 4.79 Å². The lowest BCUT2D eigenvalue weighted by atomic mass is 10.1. The minimum atomic E-state index is -0.636. The summed E-state index contributed by atoms with van der Waals surface area (Å²) in [5.74, 6) is -0.636. The molecule has 6 heteroatoms. The Balaban J connectivity index is 2.35. The van der Waals surface area contributed by atoms with Crippen LogP contribution >= 0.6 is 11.3 Å². The maximum absolute atomic E-state index is 11.5. The van der Waals surface area contributed by atoms with Crippen LogP contribution < -0.4 is 16.8 Å². The highest BCUT2D eigenvalue weighted by Gasteiger charge is 2.21. The molecule has 102 valence electrons. The molecular formula is C14H14N4OS. The maximum atomic E-state index is 11.5. The van der Waals surface area contributed by atoms with E-state index in [1.54, 1.807) is 0 Å². The van der Waals surface area contributed by atoms with Crippen LogP contribution in [0, 0.1) is 11.3 Å². The standard InChI is InChI=1S/C14H14N4OS/c1-8(9-5-3-2-4-6-9)18-14-11(13(17)19)12(16)10(7-15)20-14/h2-6,8,18H,16H2,1H3,(H2,17,19). The molecule has 0 bridgehead atoms. The van der Waals surface area contributed by atoms with Crippen LogP contribution in [0.5, 0.6) is 0 Å². The first-order valence-corrected chi connectivity index (χ1v) is 6.80. The number of nitrogens with one attached hydrogen (secondary N) is 1. The van der Waals surface area contributed by atoms with Crippen LogP contribution in [0.15, 0.2) is 30.3 Å². The third-order valence-electron chi connectivity index (χ3n) is 2.94. The summed E-state index contributed by atoms with van der Waals surface area (Å²) in [5.41, 5.74) is 12.5. The van der Waals surface area contributed by atoms with Crippen LogP contribution in [-0.2, 0) is 0 Å². The van der Waals surface area contributed by atoms with Crippen molar-refractivity contribution in [2.24, 2.45) is 5.73 Å². The van der Waals surface area contributed by atoms with Crippen LogP contribution in [0.25, 0.3) is 0 Å². The number of primary amides is 1. The van der Waals surface area contributed by atoms with E-state index < -0.39 is 5.91 Å². The van der Waals surface area contributed by atoms with Crippen LogP contribution in [-0.4, -0.2) is 5.91 Å². The highest BCUT2D eigenvalue weighted by atomic mass is 32.1. The van der Waals surface area contributed by atoms with Crippen molar-refractivity contribution < 1.29 is 4.79 Å². The average molecular weight is 286 g/mol. The molecule has 0 spiro atoms. The molecule has 1 aromatic carbocycles. The van der Waals surface area contributed by atoms with Gasteiger partial charge in [0.2, 0.25) is 0 Å². The van der Waals surface area contributed by atoms with Gasteiger partial charge < -0.3 is 16.8 Å². The molecule has 0 saturated heterocycles. The minimum Gasteiger partial charge on any atom is -0.396 e. The fraction of sp³-hybridized carbons (Fsp3) is 0.143. The number of carbonyl (C=O) groups is 1. The van der Waals surface area contributed by atoms with E-state index in [4.69, 9.17) is 16.7 Å². The number of nitriles is 1. The Kier molecular flexibility index (Phi) is 3.91. The van der Waals surface area contributed by atoms with Gasteiger partial charge in [0.15, 0.2) is 0 Å². The van der Waals surface area contributed by atoms with E-state index in [1.807, 2.05) is 43.3 Å². The molecular weight excluding hydrogens is 272 g/mol. The van der Waals surface area contributed by atoms with E-state index in [1.165, 1.54) is 0 Å². The number of benzene rings is 1. The van der Waals surface area contributed by atoms with Crippen molar-refractivity contribution in [3.8, 4) is 6.07 Å². The summed E-state index contributed by atoms with van der Waals surface area (Å²) in [6.45, 7) is 1.96. The Bertz CT molecular complexity index is 672. The largest absolute Gasteiger partial charge is 0.396 e. The van der Waals surface area contributed by atoms with E-state index in [2.05, 4.69) is 5.32 Å². The van der Waals surface area contributed by atoms with Crippen molar-refractivity contribution in [3.63, 3.8) is 0 Å². The zero-order valence-corrected chi connectivity index (χ0v) is 11.7. The lowest BCUT2D eigenvalue weighted by Gasteiger charge is -2.15. The molecule has 1 amide bonds. The van der Waals surface area contributed by atoms with Gasteiger partial charge in [0, 0.05) is 6.04 Å². The van der Waals surface area contributed by atoms with Crippen LogP contribution in [0.2, 0.25) is 0 Å². The second kappa shape index (κ2) is 5.63. The Labute approximate surface area is 120 Å². The molecule has 2 aromatic rings. The summed E-state index contributed by atoms with van der Waals surface area (Å²) < 4.78 is 0. The fourth-order valence-electron chi connectivity index (χ4n) is 1.89. The molecule has 1 unspecified atom stereocenters. The van der Waals surface area contributed by atoms with Crippen molar-refractivity contribution in [3.05, 3.63) is 46.3 Å². The molecule has 5 nitrogen and oxygen atoms in total. The zero-order valence-electron chi connectivity index (χ0n) is 10.9. The molecule has 1 heterocycles. The second-order valence-corrected chi connectivity index (χ2v) is 5.32. The number of amides is 1. The number of thiophene rings is 1. The number of anilines is 2. The van der Waals surface area contributed by atoms with Gasteiger partial charge in [0.1, 0.15) is 15.9 Å². The number of carbonyl (C=O) groups excluding carboxylic acids is 1. The number of nitrogens with two attached hydrogens (primary N) is 2. The van der Waals surface area contributed by atoms with Gasteiger partial charge in [-0.05, 0) is 12.5 Å². The highest BCUT2D eigenvalue weighted by molar-refractivity contribution is 7.17. The molecule has 1 aromatic heterocycles. The molecule has 0 aliphatic carbocycles. The van der Waals surface area contributed by atoms with Crippen LogP contribution in [0.3, 0.4) is 0 Å². The Morgan fingerprint density at radius 2 is 2.05 bits per heavy atom. The smallest absolute Gasteiger partial charge is 0.253 e. The third-order valence-corrected chi connectivity index (χ3v) is 3.98. The normalized spacial score (nSPS) is 11.6. The quantitative estimate of drug-likeness (QED) is 0.802. The van der Waals surface area contributed by atoms with E-state index in [0.717, 1.165) is 16.9 Å². The third kappa shape index (κ3) is 2.58. The fourth-order valence-corrected chi connectivity index (χ4v) is 2.91. The summed E-state index contributed by atoms with van der Waals surface area (Å²) in [6, 6.07) is 11.7. The number of rotatable bonds is 4. The summed E-state index contributed by atoms with van der Waals surface area (Å²) in [5, 5.41) is 12.7. The van der Waals surface area contributed by atoms with Gasteiger partial charge in [0.05, 0.1) is 11.3 Å². The monoisotopic (exact) mass is 286 g/mol. The molecule has 5 N–H and O–H groups in total. The number of hydrogen-bond donors (Lipinski definition) is 3. The number of nitrogen functional groups attached to an aromatic ring is 1. The molecule has 0 aliphatic rings. The predicted octanol–water partition coefficient (Wildman–Crippen LogP) is 2.47. The lowest BCUT2D eigenvalue weighted by Crippen LogP contribution is -2.15. The first-order chi connectivity index (χ1) is 9.54. The number of nitrogens with zero attached hydrogens (tertiary/aromatic N) is 1. The molecule has 0 aliphatic heterocycles. The second-order valence-electron chi connectivity index (χ2n) is 4.30. The van der Waals surface area contributed by atoms with Crippen molar-refractivity contribution in [1.82, 2.24) is 0 Å². The van der Waals surface area contributed by atoms with E-state index in [9.17, 15) is 4.79 Å². The van der Waals surface area contributed by atoms with Gasteiger partial charge in [-0.25, -0.2) is 0 Å². The Morgan fingerprint density at radius 1 is 1.40 bits per heavy atom. The molecule has 0 saturated carbocycles. The average Bonchev–Trinajstić information content (AvgIpc) is 2.75. The van der Waals surface area contributed by atoms with Crippen molar-refractivity contribution in [1.29, 1.82) is 5.26 Å².